The van der Waals surface area contributed by atoms with Gasteiger partial charge in [0.15, 0.2) is 5.82 Å². The first-order valence-electron chi connectivity index (χ1n) is 9.91. The van der Waals surface area contributed by atoms with Crippen LogP contribution in [-0.4, -0.2) is 20.7 Å². The van der Waals surface area contributed by atoms with E-state index in [1.54, 1.807) is 12.1 Å². The van der Waals surface area contributed by atoms with Crippen molar-refractivity contribution in [2.75, 3.05) is 5.32 Å². The summed E-state index contributed by atoms with van der Waals surface area (Å²) in [4.78, 5) is 17.4. The summed E-state index contributed by atoms with van der Waals surface area (Å²) in [5.41, 5.74) is 2.71. The van der Waals surface area contributed by atoms with E-state index in [-0.39, 0.29) is 11.7 Å². The molecule has 0 aliphatic heterocycles. The number of halogens is 3. The van der Waals surface area contributed by atoms with Gasteiger partial charge in [-0.25, -0.2) is 18.4 Å². The lowest BCUT2D eigenvalue weighted by Crippen LogP contribution is -2.16. The third-order valence-electron chi connectivity index (χ3n) is 4.87. The molecule has 0 spiro atoms. The van der Waals surface area contributed by atoms with Crippen LogP contribution in [0.4, 0.5) is 14.5 Å². The van der Waals surface area contributed by atoms with Crippen LogP contribution in [0.25, 0.3) is 17.1 Å². The number of nitrogens with zero attached hydrogens (tertiary/aromatic N) is 3. The molecule has 8 heteroatoms. The molecule has 5 nitrogen and oxygen atoms in total. The van der Waals surface area contributed by atoms with Gasteiger partial charge in [-0.2, -0.15) is 0 Å². The molecular weight excluding hydrogens is 478 g/mol. The molecule has 1 heterocycles. The Kier molecular flexibility index (Phi) is 6.14. The molecule has 0 saturated carbocycles. The van der Waals surface area contributed by atoms with Gasteiger partial charge in [0.2, 0.25) is 5.82 Å². The molecule has 0 unspecified atom stereocenters. The molecule has 0 aliphatic carbocycles. The van der Waals surface area contributed by atoms with Crippen LogP contribution in [0, 0.1) is 11.6 Å². The molecule has 1 amide bonds. The fourth-order valence-corrected chi connectivity index (χ4v) is 3.64. The zero-order valence-electron chi connectivity index (χ0n) is 17.3. The second kappa shape index (κ2) is 9.00. The average molecular weight is 497 g/mol. The Morgan fingerprint density at radius 1 is 0.969 bits per heavy atom. The largest absolute Gasteiger partial charge is 0.319 e. The molecule has 0 aliphatic rings. The molecule has 0 radical (unpaired) electrons. The molecule has 0 bridgehead atoms. The van der Waals surface area contributed by atoms with E-state index >= 15 is 0 Å². The van der Waals surface area contributed by atoms with Gasteiger partial charge >= 0.3 is 0 Å². The van der Waals surface area contributed by atoms with Crippen molar-refractivity contribution in [1.29, 1.82) is 0 Å². The molecule has 4 aromatic rings. The Morgan fingerprint density at radius 2 is 1.59 bits per heavy atom. The number of hydrogen-bond acceptors (Lipinski definition) is 3. The highest BCUT2D eigenvalue weighted by molar-refractivity contribution is 9.10. The number of carbonyl (C=O) groups is 1. The lowest BCUT2D eigenvalue weighted by atomic mass is 10.0. The second-order valence-corrected chi connectivity index (χ2v) is 8.41. The zero-order valence-corrected chi connectivity index (χ0v) is 18.9. The number of amides is 1. The molecule has 0 fully saturated rings. The van der Waals surface area contributed by atoms with E-state index in [1.807, 2.05) is 32.0 Å². The molecule has 3 aromatic carbocycles. The molecule has 4 rings (SSSR count). The maximum atomic E-state index is 13.4. The topological polar surface area (TPSA) is 59.8 Å². The van der Waals surface area contributed by atoms with Gasteiger partial charge in [0.1, 0.15) is 11.6 Å². The molecule has 32 heavy (non-hydrogen) atoms. The minimum absolute atomic E-state index is 0.0636. The highest BCUT2D eigenvalue weighted by Gasteiger charge is 2.20. The van der Waals surface area contributed by atoms with Gasteiger partial charge in [-0.1, -0.05) is 29.8 Å². The van der Waals surface area contributed by atoms with E-state index < -0.39 is 17.5 Å². The SMILES string of the molecule is CC(C)c1cc(Br)ccc1NC(=O)c1nc(-c2ccc(F)cc2)n(-c2ccc(F)cc2)n1. The Bertz CT molecular complexity index is 1210. The maximum absolute atomic E-state index is 13.4. The van der Waals surface area contributed by atoms with E-state index in [1.165, 1.54) is 41.1 Å². The molecule has 1 aromatic heterocycles. The first kappa shape index (κ1) is 21.8. The number of nitrogens with one attached hydrogen (secondary N) is 1. The number of hydrogen-bond donors (Lipinski definition) is 1. The van der Waals surface area contributed by atoms with Gasteiger partial charge < -0.3 is 5.32 Å². The fraction of sp³-hybridized carbons (Fsp3) is 0.125. The smallest absolute Gasteiger partial charge is 0.295 e. The summed E-state index contributed by atoms with van der Waals surface area (Å²) in [5.74, 6) is -0.823. The molecule has 1 N–H and O–H groups in total. The van der Waals surface area contributed by atoms with Crippen molar-refractivity contribution >= 4 is 27.5 Å². The summed E-state index contributed by atoms with van der Waals surface area (Å²) in [5, 5.41) is 7.24. The maximum Gasteiger partial charge on any atom is 0.295 e. The van der Waals surface area contributed by atoms with Crippen LogP contribution in [0.3, 0.4) is 0 Å². The molecule has 162 valence electrons. The minimum Gasteiger partial charge on any atom is -0.319 e. The normalized spacial score (nSPS) is 11.1. The van der Waals surface area contributed by atoms with Gasteiger partial charge in [0, 0.05) is 15.7 Å². The van der Waals surface area contributed by atoms with Crippen molar-refractivity contribution in [2.24, 2.45) is 0 Å². The first-order valence-corrected chi connectivity index (χ1v) is 10.7. The molecular formula is C24H19BrF2N4O. The van der Waals surface area contributed by atoms with Crippen LogP contribution in [-0.2, 0) is 0 Å². The van der Waals surface area contributed by atoms with Gasteiger partial charge in [-0.05, 0) is 78.2 Å². The summed E-state index contributed by atoms with van der Waals surface area (Å²) >= 11 is 3.46. The summed E-state index contributed by atoms with van der Waals surface area (Å²) in [6, 6.07) is 17.0. The number of anilines is 1. The van der Waals surface area contributed by atoms with Crippen LogP contribution in [0.1, 0.15) is 35.9 Å². The van der Waals surface area contributed by atoms with Crippen LogP contribution in [0.2, 0.25) is 0 Å². The van der Waals surface area contributed by atoms with E-state index in [0.29, 0.717) is 22.8 Å². The van der Waals surface area contributed by atoms with Gasteiger partial charge in [-0.15, -0.1) is 5.10 Å². The van der Waals surface area contributed by atoms with Crippen LogP contribution < -0.4 is 5.32 Å². The predicted octanol–water partition coefficient (Wildman–Crippen LogP) is 6.35. The summed E-state index contributed by atoms with van der Waals surface area (Å²) < 4.78 is 29.2. The first-order chi connectivity index (χ1) is 15.3. The van der Waals surface area contributed by atoms with Crippen molar-refractivity contribution in [3.63, 3.8) is 0 Å². The second-order valence-electron chi connectivity index (χ2n) is 7.49. The Hall–Kier alpha value is -3.39. The summed E-state index contributed by atoms with van der Waals surface area (Å²) in [7, 11) is 0. The van der Waals surface area contributed by atoms with Crippen LogP contribution >= 0.6 is 15.9 Å². The van der Waals surface area contributed by atoms with E-state index in [9.17, 15) is 13.6 Å². The van der Waals surface area contributed by atoms with E-state index in [4.69, 9.17) is 0 Å². The zero-order chi connectivity index (χ0) is 22.8. The van der Waals surface area contributed by atoms with E-state index in [2.05, 4.69) is 31.3 Å². The third-order valence-corrected chi connectivity index (χ3v) is 5.36. The van der Waals surface area contributed by atoms with Crippen molar-refractivity contribution in [3.05, 3.63) is 94.2 Å². The minimum atomic E-state index is -0.488. The highest BCUT2D eigenvalue weighted by Crippen LogP contribution is 2.28. The quantitative estimate of drug-likeness (QED) is 0.350. The standard InChI is InChI=1S/C24H19BrF2N4O/c1-14(2)20-13-16(25)5-12-21(20)28-24(32)22-29-23(15-3-6-17(26)7-4-15)31(30-22)19-10-8-18(27)9-11-19/h3-14H,1-2H3,(H,28,32). The van der Waals surface area contributed by atoms with Crippen molar-refractivity contribution < 1.29 is 13.6 Å². The van der Waals surface area contributed by atoms with Crippen molar-refractivity contribution in [2.45, 2.75) is 19.8 Å². The Balaban J connectivity index is 1.75. The number of rotatable bonds is 5. The summed E-state index contributed by atoms with van der Waals surface area (Å²) in [6.07, 6.45) is 0. The van der Waals surface area contributed by atoms with E-state index in [0.717, 1.165) is 10.0 Å². The number of aromatic nitrogens is 3. The number of carbonyl (C=O) groups excluding carboxylic acids is 1. The fourth-order valence-electron chi connectivity index (χ4n) is 3.26. The van der Waals surface area contributed by atoms with Crippen LogP contribution in [0.5, 0.6) is 0 Å². The number of benzene rings is 3. The monoisotopic (exact) mass is 496 g/mol. The molecule has 0 saturated heterocycles. The Labute approximate surface area is 192 Å². The van der Waals surface area contributed by atoms with Gasteiger partial charge in [0.05, 0.1) is 5.69 Å². The van der Waals surface area contributed by atoms with Gasteiger partial charge in [-0.3, -0.25) is 4.79 Å². The molecule has 0 atom stereocenters. The Morgan fingerprint density at radius 3 is 2.22 bits per heavy atom. The van der Waals surface area contributed by atoms with Gasteiger partial charge in [0.25, 0.3) is 5.91 Å². The van der Waals surface area contributed by atoms with Crippen molar-refractivity contribution in [3.8, 4) is 17.1 Å². The van der Waals surface area contributed by atoms with Crippen molar-refractivity contribution in [1.82, 2.24) is 14.8 Å². The average Bonchev–Trinajstić information content (AvgIpc) is 3.21. The van der Waals surface area contributed by atoms with Crippen LogP contribution in [0.15, 0.2) is 71.2 Å². The predicted molar refractivity (Wildman–Crippen MR) is 123 cm³/mol. The lowest BCUT2D eigenvalue weighted by Gasteiger charge is -2.13. The third kappa shape index (κ3) is 4.60. The highest BCUT2D eigenvalue weighted by atomic mass is 79.9. The summed E-state index contributed by atoms with van der Waals surface area (Å²) in [6.45, 7) is 4.07. The lowest BCUT2D eigenvalue weighted by molar-refractivity contribution is 0.101.